The Bertz CT molecular complexity index is 1550. The number of para-hydroxylation sites is 1. The number of hydrogen-bond acceptors (Lipinski definition) is 6. The quantitative estimate of drug-likeness (QED) is 0.176. The Morgan fingerprint density at radius 1 is 0.974 bits per heavy atom. The van der Waals surface area contributed by atoms with Crippen LogP contribution in [0.25, 0.3) is 16.7 Å². The summed E-state index contributed by atoms with van der Waals surface area (Å²) < 4.78 is 16.4. The van der Waals surface area contributed by atoms with Crippen LogP contribution in [0.2, 0.25) is 0 Å². The standard InChI is InChI=1S/C31H30N2O6/c1-4-39-22-12-9-19(10-13-22)29(34)27-28(20-11-14-25(37-2)26(17-20)38-3)33(31(36)30(27)35)16-15-21-18-32-24-8-6-5-7-23(21)24/h5-14,17-18,28,32,34H,4,15-16H2,1-3H3/t28-/m0/s1. The molecular formula is C31H30N2O6. The average Bonchev–Trinajstić information content (AvgIpc) is 3.49. The molecule has 2 heterocycles. The van der Waals surface area contributed by atoms with Gasteiger partial charge in [-0.1, -0.05) is 24.3 Å². The fourth-order valence-electron chi connectivity index (χ4n) is 5.09. The van der Waals surface area contributed by atoms with Crippen molar-refractivity contribution in [2.75, 3.05) is 27.4 Å². The maximum absolute atomic E-state index is 13.4. The number of carbonyl (C=O) groups is 2. The first-order valence-corrected chi connectivity index (χ1v) is 12.7. The van der Waals surface area contributed by atoms with Crippen LogP contribution in [0, 0.1) is 0 Å². The molecular weight excluding hydrogens is 496 g/mol. The van der Waals surface area contributed by atoms with Crippen molar-refractivity contribution >= 4 is 28.4 Å². The molecule has 0 unspecified atom stereocenters. The number of Topliss-reactive ketones (excluding diaryl/α,β-unsaturated/α-hetero) is 1. The second kappa shape index (κ2) is 10.9. The van der Waals surface area contributed by atoms with Gasteiger partial charge in [0.2, 0.25) is 0 Å². The Labute approximate surface area is 226 Å². The fourth-order valence-corrected chi connectivity index (χ4v) is 5.09. The number of ketones is 1. The maximum Gasteiger partial charge on any atom is 0.295 e. The molecule has 1 atom stereocenters. The van der Waals surface area contributed by atoms with E-state index in [0.29, 0.717) is 41.4 Å². The number of aliphatic hydroxyl groups is 1. The topological polar surface area (TPSA) is 101 Å². The van der Waals surface area contributed by atoms with Crippen molar-refractivity contribution in [1.82, 2.24) is 9.88 Å². The second-order valence-corrected chi connectivity index (χ2v) is 9.17. The number of benzene rings is 3. The molecule has 1 fully saturated rings. The largest absolute Gasteiger partial charge is 0.507 e. The van der Waals surface area contributed by atoms with Crippen molar-refractivity contribution in [1.29, 1.82) is 0 Å². The molecule has 8 heteroatoms. The van der Waals surface area contributed by atoms with Gasteiger partial charge in [-0.25, -0.2) is 0 Å². The van der Waals surface area contributed by atoms with E-state index in [1.807, 2.05) is 37.4 Å². The molecule has 0 saturated carbocycles. The van der Waals surface area contributed by atoms with Crippen LogP contribution in [0.1, 0.15) is 29.7 Å². The normalized spacial score (nSPS) is 16.6. The Morgan fingerprint density at radius 3 is 2.44 bits per heavy atom. The number of H-pyrrole nitrogens is 1. The molecule has 1 amide bonds. The van der Waals surface area contributed by atoms with E-state index in [-0.39, 0.29) is 17.9 Å². The lowest BCUT2D eigenvalue weighted by molar-refractivity contribution is -0.139. The molecule has 4 aromatic rings. The van der Waals surface area contributed by atoms with E-state index in [9.17, 15) is 14.7 Å². The number of rotatable bonds is 9. The zero-order valence-corrected chi connectivity index (χ0v) is 22.1. The van der Waals surface area contributed by atoms with Gasteiger partial charge in [-0.15, -0.1) is 0 Å². The van der Waals surface area contributed by atoms with Gasteiger partial charge in [-0.2, -0.15) is 0 Å². The summed E-state index contributed by atoms with van der Waals surface area (Å²) in [6.07, 6.45) is 2.44. The van der Waals surface area contributed by atoms with E-state index in [0.717, 1.165) is 16.5 Å². The minimum absolute atomic E-state index is 0.0234. The average molecular weight is 527 g/mol. The second-order valence-electron chi connectivity index (χ2n) is 9.17. The summed E-state index contributed by atoms with van der Waals surface area (Å²) in [5, 5.41) is 12.4. The summed E-state index contributed by atoms with van der Waals surface area (Å²) in [6, 6.07) is 19.1. The zero-order valence-electron chi connectivity index (χ0n) is 22.1. The highest BCUT2D eigenvalue weighted by Gasteiger charge is 2.46. The molecule has 3 aromatic carbocycles. The lowest BCUT2D eigenvalue weighted by atomic mass is 9.94. The van der Waals surface area contributed by atoms with Gasteiger partial charge in [0.15, 0.2) is 11.5 Å². The van der Waals surface area contributed by atoms with Crippen LogP contribution in [0.3, 0.4) is 0 Å². The number of ether oxygens (including phenoxy) is 3. The number of methoxy groups -OCH3 is 2. The van der Waals surface area contributed by atoms with Crippen molar-refractivity contribution in [3.8, 4) is 17.2 Å². The Kier molecular flexibility index (Phi) is 7.27. The molecule has 1 saturated heterocycles. The summed E-state index contributed by atoms with van der Waals surface area (Å²) in [5.41, 5.74) is 3.10. The highest BCUT2D eigenvalue weighted by atomic mass is 16.5. The van der Waals surface area contributed by atoms with Crippen molar-refractivity contribution < 1.29 is 28.9 Å². The van der Waals surface area contributed by atoms with E-state index in [4.69, 9.17) is 14.2 Å². The van der Waals surface area contributed by atoms with E-state index >= 15 is 0 Å². The van der Waals surface area contributed by atoms with Gasteiger partial charge in [-0.3, -0.25) is 9.59 Å². The van der Waals surface area contributed by atoms with Gasteiger partial charge in [0.05, 0.1) is 32.4 Å². The lowest BCUT2D eigenvalue weighted by Crippen LogP contribution is -2.31. The van der Waals surface area contributed by atoms with E-state index < -0.39 is 17.7 Å². The molecule has 8 nitrogen and oxygen atoms in total. The molecule has 0 bridgehead atoms. The predicted octanol–water partition coefficient (Wildman–Crippen LogP) is 5.25. The Balaban J connectivity index is 1.58. The first-order valence-electron chi connectivity index (χ1n) is 12.7. The number of aromatic nitrogens is 1. The number of likely N-dealkylation sites (tertiary alicyclic amines) is 1. The van der Waals surface area contributed by atoms with Crippen LogP contribution in [0.4, 0.5) is 0 Å². The molecule has 2 N–H and O–H groups in total. The van der Waals surface area contributed by atoms with Crippen molar-refractivity contribution in [2.24, 2.45) is 0 Å². The van der Waals surface area contributed by atoms with Crippen molar-refractivity contribution in [2.45, 2.75) is 19.4 Å². The number of nitrogens with zero attached hydrogens (tertiary/aromatic N) is 1. The first kappa shape index (κ1) is 25.9. The summed E-state index contributed by atoms with van der Waals surface area (Å²) in [6.45, 7) is 2.66. The third-order valence-corrected chi connectivity index (χ3v) is 7.00. The number of nitrogens with one attached hydrogen (secondary N) is 1. The molecule has 39 heavy (non-hydrogen) atoms. The lowest BCUT2D eigenvalue weighted by Gasteiger charge is -2.26. The van der Waals surface area contributed by atoms with Gasteiger partial charge in [0, 0.05) is 29.2 Å². The molecule has 1 aromatic heterocycles. The molecule has 0 spiro atoms. The fraction of sp³-hybridized carbons (Fsp3) is 0.226. The van der Waals surface area contributed by atoms with Gasteiger partial charge in [-0.05, 0) is 66.9 Å². The van der Waals surface area contributed by atoms with Gasteiger partial charge in [0.1, 0.15) is 11.5 Å². The van der Waals surface area contributed by atoms with Crippen molar-refractivity contribution in [3.63, 3.8) is 0 Å². The third-order valence-electron chi connectivity index (χ3n) is 7.00. The van der Waals surface area contributed by atoms with Crippen LogP contribution >= 0.6 is 0 Å². The molecule has 0 aliphatic carbocycles. The molecule has 1 aliphatic heterocycles. The van der Waals surface area contributed by atoms with Gasteiger partial charge >= 0.3 is 0 Å². The number of aromatic amines is 1. The smallest absolute Gasteiger partial charge is 0.295 e. The minimum Gasteiger partial charge on any atom is -0.507 e. The van der Waals surface area contributed by atoms with Crippen molar-refractivity contribution in [3.05, 3.63) is 95.2 Å². The van der Waals surface area contributed by atoms with Crippen LogP contribution in [0.15, 0.2) is 78.5 Å². The summed E-state index contributed by atoms with van der Waals surface area (Å²) in [7, 11) is 3.06. The third kappa shape index (κ3) is 4.81. The molecule has 0 radical (unpaired) electrons. The van der Waals surface area contributed by atoms with Crippen LogP contribution < -0.4 is 14.2 Å². The van der Waals surface area contributed by atoms with E-state index in [1.165, 1.54) is 19.1 Å². The molecule has 200 valence electrons. The minimum atomic E-state index is -0.818. The van der Waals surface area contributed by atoms with Crippen LogP contribution in [-0.4, -0.2) is 54.1 Å². The maximum atomic E-state index is 13.4. The van der Waals surface area contributed by atoms with Crippen LogP contribution in [0.5, 0.6) is 17.2 Å². The Hall–Kier alpha value is -4.72. The number of fused-ring (bicyclic) bond motifs is 1. The SMILES string of the molecule is CCOc1ccc(C(O)=C2C(=O)C(=O)N(CCc3c[nH]c4ccccc34)[C@H]2c2ccc(OC)c(OC)c2)cc1. The Morgan fingerprint density at radius 2 is 1.72 bits per heavy atom. The molecule has 5 rings (SSSR count). The summed E-state index contributed by atoms with van der Waals surface area (Å²) in [4.78, 5) is 31.6. The van der Waals surface area contributed by atoms with E-state index in [1.54, 1.807) is 42.5 Å². The number of hydrogen-bond donors (Lipinski definition) is 2. The van der Waals surface area contributed by atoms with E-state index in [2.05, 4.69) is 4.98 Å². The highest BCUT2D eigenvalue weighted by Crippen LogP contribution is 2.42. The molecule has 1 aliphatic rings. The summed E-state index contributed by atoms with van der Waals surface area (Å²) >= 11 is 0. The number of carbonyl (C=O) groups excluding carboxylic acids is 2. The number of amides is 1. The van der Waals surface area contributed by atoms with Crippen LogP contribution in [-0.2, 0) is 16.0 Å². The monoisotopic (exact) mass is 526 g/mol. The highest BCUT2D eigenvalue weighted by molar-refractivity contribution is 6.46. The first-order chi connectivity index (χ1) is 19.0. The summed E-state index contributed by atoms with van der Waals surface area (Å²) in [5.74, 6) is -0.0283. The predicted molar refractivity (Wildman–Crippen MR) is 148 cm³/mol. The van der Waals surface area contributed by atoms with Gasteiger partial charge < -0.3 is 29.2 Å². The van der Waals surface area contributed by atoms with Gasteiger partial charge in [0.25, 0.3) is 11.7 Å². The number of aliphatic hydroxyl groups excluding tert-OH is 1. The zero-order chi connectivity index (χ0) is 27.5.